The van der Waals surface area contributed by atoms with Crippen molar-refractivity contribution in [3.8, 4) is 0 Å². The number of nitrogens with one attached hydrogen (secondary N) is 2. The molecule has 1 aliphatic rings. The molecule has 0 aromatic heterocycles. The molecule has 3 rings (SSSR count). The molecule has 200 valence electrons. The van der Waals surface area contributed by atoms with Crippen LogP contribution in [0.2, 0.25) is 0 Å². The third kappa shape index (κ3) is 8.16. The summed E-state index contributed by atoms with van der Waals surface area (Å²) in [5, 5.41) is 23.1. The first-order valence-corrected chi connectivity index (χ1v) is 12.6. The largest absolute Gasteiger partial charge is 0.393 e. The molecule has 1 aliphatic heterocycles. The number of aliphatic hydroxyl groups is 1. The molecular formula is C27H36FN5O4. The van der Waals surface area contributed by atoms with Crippen molar-refractivity contribution in [2.75, 3.05) is 46.3 Å². The Morgan fingerprint density at radius 1 is 1.19 bits per heavy atom. The Morgan fingerprint density at radius 3 is 2.65 bits per heavy atom. The molecule has 9 nitrogen and oxygen atoms in total. The van der Waals surface area contributed by atoms with E-state index < -0.39 is 11.7 Å². The maximum absolute atomic E-state index is 14.8. The van der Waals surface area contributed by atoms with Crippen LogP contribution in [0.1, 0.15) is 51.1 Å². The van der Waals surface area contributed by atoms with Crippen LogP contribution in [0.4, 0.5) is 4.39 Å². The van der Waals surface area contributed by atoms with Crippen LogP contribution in [0.15, 0.2) is 47.6 Å². The monoisotopic (exact) mass is 513 g/mol. The quantitative estimate of drug-likeness (QED) is 0.184. The number of hydrazone groups is 1. The molecule has 0 bridgehead atoms. The lowest BCUT2D eigenvalue weighted by molar-refractivity contribution is 0.0681. The van der Waals surface area contributed by atoms with Crippen molar-refractivity contribution in [2.45, 2.75) is 31.8 Å². The van der Waals surface area contributed by atoms with Crippen LogP contribution in [0.5, 0.6) is 0 Å². The van der Waals surface area contributed by atoms with Gasteiger partial charge in [-0.1, -0.05) is 30.3 Å². The fourth-order valence-corrected chi connectivity index (χ4v) is 4.53. The van der Waals surface area contributed by atoms with Crippen molar-refractivity contribution in [1.29, 1.82) is 0 Å². The number of nitrogens with zero attached hydrogens (tertiary/aromatic N) is 3. The van der Waals surface area contributed by atoms with Gasteiger partial charge in [-0.05, 0) is 43.5 Å². The normalized spacial score (nSPS) is 15.0. The zero-order valence-corrected chi connectivity index (χ0v) is 21.2. The summed E-state index contributed by atoms with van der Waals surface area (Å²) < 4.78 is 14.8. The van der Waals surface area contributed by atoms with Gasteiger partial charge in [-0.3, -0.25) is 9.59 Å². The van der Waals surface area contributed by atoms with Crippen molar-refractivity contribution in [3.63, 3.8) is 0 Å². The molecule has 1 fully saturated rings. The molecule has 1 heterocycles. The second kappa shape index (κ2) is 14.5. The molecule has 37 heavy (non-hydrogen) atoms. The third-order valence-corrected chi connectivity index (χ3v) is 6.52. The van der Waals surface area contributed by atoms with E-state index >= 15 is 0 Å². The van der Waals surface area contributed by atoms with Gasteiger partial charge in [-0.25, -0.2) is 9.87 Å². The number of aldehydes is 1. The number of benzene rings is 2. The Balaban J connectivity index is 1.75. The van der Waals surface area contributed by atoms with E-state index in [1.807, 2.05) is 6.07 Å². The van der Waals surface area contributed by atoms with E-state index in [2.05, 4.69) is 20.9 Å². The van der Waals surface area contributed by atoms with E-state index in [0.717, 1.165) is 38.8 Å². The van der Waals surface area contributed by atoms with Gasteiger partial charge in [0.25, 0.3) is 5.91 Å². The zero-order valence-electron chi connectivity index (χ0n) is 21.2. The third-order valence-electron chi connectivity index (χ3n) is 6.52. The molecule has 0 atom stereocenters. The highest BCUT2D eigenvalue weighted by atomic mass is 19.1. The summed E-state index contributed by atoms with van der Waals surface area (Å²) in [5.74, 6) is -1.08. The molecule has 10 heteroatoms. The molecule has 4 N–H and O–H groups in total. The molecule has 0 spiro atoms. The van der Waals surface area contributed by atoms with E-state index in [4.69, 9.17) is 5.21 Å². The molecule has 2 aromatic rings. The van der Waals surface area contributed by atoms with Crippen LogP contribution >= 0.6 is 0 Å². The highest BCUT2D eigenvalue weighted by Gasteiger charge is 2.22. The van der Waals surface area contributed by atoms with Crippen molar-refractivity contribution >= 4 is 17.9 Å². The Labute approximate surface area is 216 Å². The number of piperidine rings is 1. The lowest BCUT2D eigenvalue weighted by atomic mass is 9.97. The minimum atomic E-state index is -0.624. The Hall–Kier alpha value is -3.18. The number of carbonyl (C=O) groups excluding carboxylic acids is 2. The first kappa shape index (κ1) is 28.4. The van der Waals surface area contributed by atoms with Gasteiger partial charge in [0.2, 0.25) is 0 Å². The average Bonchev–Trinajstić information content (AvgIpc) is 2.92. The predicted octanol–water partition coefficient (Wildman–Crippen LogP) is 2.07. The molecule has 1 saturated heterocycles. The van der Waals surface area contributed by atoms with Gasteiger partial charge in [0.15, 0.2) is 6.29 Å². The second-order valence-electron chi connectivity index (χ2n) is 9.10. The summed E-state index contributed by atoms with van der Waals surface area (Å²) >= 11 is 0. The van der Waals surface area contributed by atoms with Gasteiger partial charge in [0.05, 0.1) is 17.4 Å². The van der Waals surface area contributed by atoms with Crippen molar-refractivity contribution in [3.05, 3.63) is 70.5 Å². The molecule has 0 saturated carbocycles. The number of hydroxylamine groups is 1. The molecular weight excluding hydrogens is 477 g/mol. The highest BCUT2D eigenvalue weighted by molar-refractivity contribution is 6.07. The Bertz CT molecular complexity index is 1070. The number of hydrogen-bond donors (Lipinski definition) is 4. The number of amides is 1. The maximum atomic E-state index is 14.8. The first-order valence-electron chi connectivity index (χ1n) is 12.6. The Morgan fingerprint density at radius 2 is 1.95 bits per heavy atom. The van der Waals surface area contributed by atoms with Gasteiger partial charge in [-0.2, -0.15) is 5.10 Å². The maximum Gasteiger partial charge on any atom is 0.256 e. The van der Waals surface area contributed by atoms with Crippen LogP contribution in [-0.4, -0.2) is 90.4 Å². The van der Waals surface area contributed by atoms with E-state index in [-0.39, 0.29) is 31.2 Å². The standard InChI is InChI=1S/C27H36FN5O4/c1-29-31-26(23-6-3-2-5-21(23)19-34)18-20-7-8-25(28)24(17-20)27(36)33(16-11-30-37)13-4-12-32-14-9-22(35)10-15-32/h2-3,5-8,17,19,22,29-30,35,37H,4,9-16,18H2,1H3/b31-26-. The SMILES string of the molecule is CN/N=C(/Cc1ccc(F)c(C(=O)N(CCCN2CCC(O)CC2)CCNO)c1)c1ccccc1C=O. The van der Waals surface area contributed by atoms with Gasteiger partial charge in [0, 0.05) is 57.3 Å². The fourth-order valence-electron chi connectivity index (χ4n) is 4.53. The summed E-state index contributed by atoms with van der Waals surface area (Å²) in [4.78, 5) is 28.7. The summed E-state index contributed by atoms with van der Waals surface area (Å²) in [7, 11) is 1.66. The predicted molar refractivity (Wildman–Crippen MR) is 140 cm³/mol. The van der Waals surface area contributed by atoms with Crippen molar-refractivity contribution in [2.24, 2.45) is 5.10 Å². The van der Waals surface area contributed by atoms with Crippen LogP contribution in [0.3, 0.4) is 0 Å². The number of rotatable bonds is 13. The Kier molecular flexibility index (Phi) is 11.2. The summed E-state index contributed by atoms with van der Waals surface area (Å²) in [6.07, 6.45) is 2.97. The van der Waals surface area contributed by atoms with Gasteiger partial charge in [0.1, 0.15) is 5.82 Å². The minimum absolute atomic E-state index is 0.0518. The molecule has 0 unspecified atom stereocenters. The second-order valence-corrected chi connectivity index (χ2v) is 9.10. The van der Waals surface area contributed by atoms with Crippen molar-refractivity contribution in [1.82, 2.24) is 20.7 Å². The van der Waals surface area contributed by atoms with Crippen LogP contribution < -0.4 is 10.9 Å². The first-order chi connectivity index (χ1) is 18.0. The fraction of sp³-hybridized carbons (Fsp3) is 0.444. The lowest BCUT2D eigenvalue weighted by Crippen LogP contribution is -2.40. The smallest absolute Gasteiger partial charge is 0.256 e. The van der Waals surface area contributed by atoms with E-state index in [9.17, 15) is 19.1 Å². The van der Waals surface area contributed by atoms with Crippen molar-refractivity contribution < 1.29 is 24.3 Å². The number of hydrogen-bond acceptors (Lipinski definition) is 8. The van der Waals surface area contributed by atoms with Crippen LogP contribution in [0, 0.1) is 5.82 Å². The molecule has 0 radical (unpaired) electrons. The van der Waals surface area contributed by atoms with Crippen LogP contribution in [0.25, 0.3) is 0 Å². The lowest BCUT2D eigenvalue weighted by Gasteiger charge is -2.30. The zero-order chi connectivity index (χ0) is 26.6. The number of likely N-dealkylation sites (tertiary alicyclic amines) is 1. The number of carbonyl (C=O) groups is 2. The summed E-state index contributed by atoms with van der Waals surface area (Å²) in [6.45, 7) is 3.18. The molecule has 1 amide bonds. The minimum Gasteiger partial charge on any atom is -0.393 e. The van der Waals surface area contributed by atoms with Crippen LogP contribution in [-0.2, 0) is 6.42 Å². The van der Waals surface area contributed by atoms with Gasteiger partial charge >= 0.3 is 0 Å². The number of aliphatic hydroxyl groups excluding tert-OH is 1. The molecule has 2 aromatic carbocycles. The van der Waals surface area contributed by atoms with E-state index in [1.165, 1.54) is 17.0 Å². The highest BCUT2D eigenvalue weighted by Crippen LogP contribution is 2.18. The number of halogens is 1. The van der Waals surface area contributed by atoms with E-state index in [1.54, 1.807) is 31.3 Å². The average molecular weight is 514 g/mol. The van der Waals surface area contributed by atoms with Gasteiger partial charge in [-0.15, -0.1) is 0 Å². The van der Waals surface area contributed by atoms with Gasteiger partial charge < -0.3 is 25.5 Å². The summed E-state index contributed by atoms with van der Waals surface area (Å²) in [5.41, 5.74) is 7.17. The molecule has 0 aliphatic carbocycles. The van der Waals surface area contributed by atoms with E-state index in [0.29, 0.717) is 35.4 Å². The summed E-state index contributed by atoms with van der Waals surface area (Å²) in [6, 6.07) is 11.5. The topological polar surface area (TPSA) is 118 Å².